The van der Waals surface area contributed by atoms with Crippen molar-refractivity contribution >= 4 is 16.0 Å². The Hall–Kier alpha value is -2.34. The highest BCUT2D eigenvalue weighted by molar-refractivity contribution is 7.89. The van der Waals surface area contributed by atoms with Crippen molar-refractivity contribution in [3.63, 3.8) is 0 Å². The lowest BCUT2D eigenvalue weighted by molar-refractivity contribution is -0.153. The van der Waals surface area contributed by atoms with Gasteiger partial charge in [-0.2, -0.15) is 4.31 Å². The van der Waals surface area contributed by atoms with Gasteiger partial charge in [0.05, 0.1) is 43.2 Å². The van der Waals surface area contributed by atoms with Crippen molar-refractivity contribution in [2.75, 3.05) is 26.3 Å². The molecule has 39 heavy (non-hydrogen) atoms. The van der Waals surface area contributed by atoms with Gasteiger partial charge in [0.15, 0.2) is 6.29 Å². The number of hydrogen-bond donors (Lipinski definition) is 2. The Labute approximate surface area is 230 Å². The number of aliphatic hydroxyl groups is 2. The monoisotopic (exact) mass is 561 g/mol. The van der Waals surface area contributed by atoms with Gasteiger partial charge in [-0.05, 0) is 42.0 Å². The van der Waals surface area contributed by atoms with Crippen LogP contribution in [0.3, 0.4) is 0 Å². The van der Waals surface area contributed by atoms with Gasteiger partial charge in [-0.3, -0.25) is 4.79 Å². The molecule has 0 aliphatic carbocycles. The first-order valence-corrected chi connectivity index (χ1v) is 15.0. The molecule has 2 saturated heterocycles. The molecule has 2 N–H and O–H groups in total. The molecule has 2 fully saturated rings. The van der Waals surface area contributed by atoms with E-state index in [2.05, 4.69) is 0 Å². The van der Waals surface area contributed by atoms with E-state index in [0.717, 1.165) is 12.0 Å². The molecule has 0 bridgehead atoms. The van der Waals surface area contributed by atoms with Crippen molar-refractivity contribution in [1.82, 2.24) is 4.31 Å². The second-order valence-electron chi connectivity index (χ2n) is 10.8. The third-order valence-electron chi connectivity index (χ3n) is 7.28. The molecule has 2 aromatic carbocycles. The third kappa shape index (κ3) is 7.65. The second-order valence-corrected chi connectivity index (χ2v) is 12.7. The van der Waals surface area contributed by atoms with Crippen LogP contribution in [0.5, 0.6) is 0 Å². The van der Waals surface area contributed by atoms with Crippen LogP contribution in [0, 0.1) is 17.8 Å². The first-order chi connectivity index (χ1) is 18.7. The van der Waals surface area contributed by atoms with E-state index in [9.17, 15) is 23.4 Å². The lowest BCUT2D eigenvalue weighted by atomic mass is 9.90. The lowest BCUT2D eigenvalue weighted by Gasteiger charge is -2.30. The van der Waals surface area contributed by atoms with Gasteiger partial charge in [0.2, 0.25) is 10.0 Å². The minimum Gasteiger partial charge on any atom is -0.459 e. The van der Waals surface area contributed by atoms with Crippen LogP contribution in [0.4, 0.5) is 0 Å². The fraction of sp³-hybridized carbons (Fsp3) is 0.552. The molecular weight excluding hydrogens is 522 g/mol. The summed E-state index contributed by atoms with van der Waals surface area (Å²) in [5.74, 6) is -1.01. The first kappa shape index (κ1) is 29.6. The van der Waals surface area contributed by atoms with E-state index in [4.69, 9.17) is 14.2 Å². The summed E-state index contributed by atoms with van der Waals surface area (Å²) in [6, 6.07) is 15.6. The molecule has 2 aromatic rings. The quantitative estimate of drug-likeness (QED) is 0.358. The number of sulfonamides is 1. The van der Waals surface area contributed by atoms with E-state index in [1.165, 1.54) is 16.4 Å². The van der Waals surface area contributed by atoms with Gasteiger partial charge < -0.3 is 24.4 Å². The molecule has 0 radical (unpaired) electrons. The molecule has 2 aliphatic heterocycles. The Balaban J connectivity index is 1.51. The number of carbonyl (C=O) groups is 1. The summed E-state index contributed by atoms with van der Waals surface area (Å²) in [4.78, 5) is 13.1. The fourth-order valence-electron chi connectivity index (χ4n) is 5.19. The standard InChI is InChI=1S/C29H39NO8S/c1-20(2)16-30(39(34,35)24-10-8-22(18-31)9-11-24)17-26(32)23(14-21-6-4-3-5-7-21)15-28(33)38-27-19-37-29-25(27)12-13-36-29/h3-11,20,23,25-27,29,31-32H,12-19H2,1-2H3/t23-,25?,26-,27?,29-/m1/s1. The maximum Gasteiger partial charge on any atom is 0.306 e. The Morgan fingerprint density at radius 2 is 1.77 bits per heavy atom. The zero-order chi connectivity index (χ0) is 28.0. The maximum atomic E-state index is 13.6. The summed E-state index contributed by atoms with van der Waals surface area (Å²) >= 11 is 0. The van der Waals surface area contributed by atoms with Crippen molar-refractivity contribution in [2.45, 2.75) is 63.1 Å². The largest absolute Gasteiger partial charge is 0.459 e. The highest BCUT2D eigenvalue weighted by Gasteiger charge is 2.44. The van der Waals surface area contributed by atoms with Gasteiger partial charge in [-0.25, -0.2) is 8.42 Å². The minimum absolute atomic E-state index is 0.00479. The van der Waals surface area contributed by atoms with Gasteiger partial charge in [0, 0.05) is 19.0 Å². The predicted octanol–water partition coefficient (Wildman–Crippen LogP) is 2.74. The van der Waals surface area contributed by atoms with Crippen LogP contribution in [0.2, 0.25) is 0 Å². The first-order valence-electron chi connectivity index (χ1n) is 13.5. The predicted molar refractivity (Wildman–Crippen MR) is 144 cm³/mol. The van der Waals surface area contributed by atoms with E-state index in [0.29, 0.717) is 18.6 Å². The number of carbonyl (C=O) groups excluding carboxylic acids is 1. The van der Waals surface area contributed by atoms with Gasteiger partial charge >= 0.3 is 5.97 Å². The van der Waals surface area contributed by atoms with Crippen LogP contribution < -0.4 is 0 Å². The Bertz CT molecular complexity index is 1170. The summed E-state index contributed by atoms with van der Waals surface area (Å²) in [5, 5.41) is 20.7. The summed E-state index contributed by atoms with van der Waals surface area (Å²) in [5.41, 5.74) is 1.54. The topological polar surface area (TPSA) is 123 Å². The molecule has 5 atom stereocenters. The van der Waals surface area contributed by atoms with Crippen LogP contribution in [-0.2, 0) is 42.1 Å². The molecule has 2 heterocycles. The molecule has 0 saturated carbocycles. The Morgan fingerprint density at radius 1 is 1.05 bits per heavy atom. The van der Waals surface area contributed by atoms with Crippen LogP contribution in [0.25, 0.3) is 0 Å². The average Bonchev–Trinajstić information content (AvgIpc) is 3.53. The average molecular weight is 562 g/mol. The number of esters is 1. The minimum atomic E-state index is -3.93. The third-order valence-corrected chi connectivity index (χ3v) is 9.13. The molecule has 2 unspecified atom stereocenters. The van der Waals surface area contributed by atoms with Crippen molar-refractivity contribution in [3.05, 3.63) is 65.7 Å². The molecule has 4 rings (SSSR count). The molecule has 0 spiro atoms. The molecule has 0 amide bonds. The lowest BCUT2D eigenvalue weighted by Crippen LogP contribution is -2.43. The number of hydrogen-bond acceptors (Lipinski definition) is 8. The fourth-order valence-corrected chi connectivity index (χ4v) is 6.81. The molecule has 9 nitrogen and oxygen atoms in total. The van der Waals surface area contributed by atoms with Crippen LogP contribution in [0.15, 0.2) is 59.5 Å². The molecule has 0 aromatic heterocycles. The maximum absolute atomic E-state index is 13.6. The van der Waals surface area contributed by atoms with E-state index in [-0.39, 0.29) is 61.8 Å². The molecule has 214 valence electrons. The summed E-state index contributed by atoms with van der Waals surface area (Å²) in [7, 11) is -3.93. The molecule has 2 aliphatic rings. The van der Waals surface area contributed by atoms with Gasteiger partial charge in [0.1, 0.15) is 6.10 Å². The van der Waals surface area contributed by atoms with E-state index in [1.807, 2.05) is 44.2 Å². The second kappa shape index (κ2) is 13.3. The zero-order valence-electron chi connectivity index (χ0n) is 22.5. The zero-order valence-corrected chi connectivity index (χ0v) is 23.3. The van der Waals surface area contributed by atoms with Crippen molar-refractivity contribution in [3.8, 4) is 0 Å². The Morgan fingerprint density at radius 3 is 2.44 bits per heavy atom. The van der Waals surface area contributed by atoms with E-state index in [1.54, 1.807) is 12.1 Å². The number of nitrogens with zero attached hydrogens (tertiary/aromatic N) is 1. The van der Waals surface area contributed by atoms with E-state index < -0.39 is 28.0 Å². The highest BCUT2D eigenvalue weighted by atomic mass is 32.2. The molecule has 10 heteroatoms. The molecular formula is C29H39NO8S. The van der Waals surface area contributed by atoms with Gasteiger partial charge in [-0.15, -0.1) is 0 Å². The van der Waals surface area contributed by atoms with Gasteiger partial charge in [0.25, 0.3) is 0 Å². The van der Waals surface area contributed by atoms with Gasteiger partial charge in [-0.1, -0.05) is 56.3 Å². The van der Waals surface area contributed by atoms with E-state index >= 15 is 0 Å². The number of fused-ring (bicyclic) bond motifs is 1. The van der Waals surface area contributed by atoms with Crippen molar-refractivity contribution < 1.29 is 37.6 Å². The van der Waals surface area contributed by atoms with Crippen molar-refractivity contribution in [2.24, 2.45) is 17.8 Å². The Kier molecular flexibility index (Phi) is 10.1. The number of rotatable bonds is 13. The normalized spacial score (nSPS) is 22.7. The number of ether oxygens (including phenoxy) is 3. The summed E-state index contributed by atoms with van der Waals surface area (Å²) < 4.78 is 45.3. The van der Waals surface area contributed by atoms with Crippen LogP contribution in [-0.4, -0.2) is 73.7 Å². The van der Waals surface area contributed by atoms with Crippen molar-refractivity contribution in [1.29, 1.82) is 0 Å². The number of aliphatic hydroxyl groups excluding tert-OH is 2. The number of benzene rings is 2. The summed E-state index contributed by atoms with van der Waals surface area (Å²) in [6.45, 7) is 4.51. The van der Waals surface area contributed by atoms with Crippen LogP contribution >= 0.6 is 0 Å². The smallest absolute Gasteiger partial charge is 0.306 e. The highest BCUT2D eigenvalue weighted by Crippen LogP contribution is 2.33. The van der Waals surface area contributed by atoms with Crippen LogP contribution in [0.1, 0.15) is 37.8 Å². The summed E-state index contributed by atoms with van der Waals surface area (Å²) in [6.07, 6.45) is -0.765. The SMILES string of the molecule is CC(C)CN(C[C@@H](O)[C@@H](CC(=O)OC1CO[C@H]2OCCC12)Cc1ccccc1)S(=O)(=O)c1ccc(CO)cc1.